The van der Waals surface area contributed by atoms with Gasteiger partial charge in [0, 0.05) is 6.20 Å². The lowest BCUT2D eigenvalue weighted by molar-refractivity contribution is 0.0931. The number of nitrogens with zero attached hydrogens (tertiary/aromatic N) is 1. The van der Waals surface area contributed by atoms with Gasteiger partial charge in [0.05, 0.1) is 11.6 Å². The molecule has 1 unspecified atom stereocenters. The Kier molecular flexibility index (Phi) is 3.93. The first kappa shape index (κ1) is 14.1. The number of carbonyl (C=O) groups is 1. The van der Waals surface area contributed by atoms with Crippen molar-refractivity contribution in [2.45, 2.75) is 25.8 Å². The first-order chi connectivity index (χ1) is 10.1. The second-order valence-electron chi connectivity index (χ2n) is 5.54. The zero-order chi connectivity index (χ0) is 14.8. The third-order valence-corrected chi connectivity index (χ3v) is 4.12. The van der Waals surface area contributed by atoms with Crippen LogP contribution in [-0.4, -0.2) is 10.9 Å². The Labute approximate surface area is 129 Å². The fraction of sp³-hybridized carbons (Fsp3) is 0.294. The molecule has 3 nitrogen and oxygen atoms in total. The Hall–Kier alpha value is -1.87. The van der Waals surface area contributed by atoms with E-state index in [-0.39, 0.29) is 17.1 Å². The number of carbonyl (C=O) groups excluding carboxylic acids is 1. The number of pyridine rings is 1. The molecule has 1 saturated carbocycles. The van der Waals surface area contributed by atoms with Gasteiger partial charge in [-0.25, -0.2) is 4.98 Å². The number of rotatable bonds is 4. The minimum atomic E-state index is -0.162. The van der Waals surface area contributed by atoms with Crippen LogP contribution < -0.4 is 5.32 Å². The molecule has 1 atom stereocenters. The monoisotopic (exact) mass is 300 g/mol. The summed E-state index contributed by atoms with van der Waals surface area (Å²) in [7, 11) is 0. The fourth-order valence-electron chi connectivity index (χ4n) is 2.45. The summed E-state index contributed by atoms with van der Waals surface area (Å²) in [5.41, 5.74) is 2.79. The lowest BCUT2D eigenvalue weighted by Gasteiger charge is -2.19. The van der Waals surface area contributed by atoms with Crippen molar-refractivity contribution in [3.63, 3.8) is 0 Å². The molecule has 4 heteroatoms. The van der Waals surface area contributed by atoms with E-state index in [1.807, 2.05) is 0 Å². The van der Waals surface area contributed by atoms with E-state index in [2.05, 4.69) is 41.5 Å². The van der Waals surface area contributed by atoms with E-state index in [1.165, 1.54) is 5.56 Å². The van der Waals surface area contributed by atoms with Crippen molar-refractivity contribution in [2.75, 3.05) is 0 Å². The maximum Gasteiger partial charge on any atom is 0.254 e. The van der Waals surface area contributed by atoms with E-state index in [4.69, 9.17) is 11.6 Å². The van der Waals surface area contributed by atoms with Gasteiger partial charge in [0.1, 0.15) is 5.15 Å². The summed E-state index contributed by atoms with van der Waals surface area (Å²) < 4.78 is 0. The smallest absolute Gasteiger partial charge is 0.254 e. The van der Waals surface area contributed by atoms with Crippen LogP contribution in [0.4, 0.5) is 0 Å². The molecule has 2 aromatic rings. The van der Waals surface area contributed by atoms with Crippen LogP contribution in [0.1, 0.15) is 40.4 Å². The van der Waals surface area contributed by atoms with Crippen molar-refractivity contribution in [2.24, 2.45) is 5.92 Å². The van der Waals surface area contributed by atoms with Gasteiger partial charge in [-0.15, -0.1) is 0 Å². The van der Waals surface area contributed by atoms with Crippen molar-refractivity contribution in [3.05, 3.63) is 64.4 Å². The van der Waals surface area contributed by atoms with Gasteiger partial charge in [0.15, 0.2) is 0 Å². The molecule has 1 fully saturated rings. The first-order valence-electron chi connectivity index (χ1n) is 7.13. The van der Waals surface area contributed by atoms with Gasteiger partial charge < -0.3 is 5.32 Å². The molecular weight excluding hydrogens is 284 g/mol. The van der Waals surface area contributed by atoms with Gasteiger partial charge in [-0.2, -0.15) is 0 Å². The predicted molar refractivity (Wildman–Crippen MR) is 83.4 cm³/mol. The Morgan fingerprint density at radius 1 is 1.29 bits per heavy atom. The van der Waals surface area contributed by atoms with Gasteiger partial charge in [-0.1, -0.05) is 41.4 Å². The first-order valence-corrected chi connectivity index (χ1v) is 7.51. The molecule has 0 bridgehead atoms. The Bertz CT molecular complexity index is 650. The number of nitrogens with one attached hydrogen (secondary N) is 1. The molecule has 1 heterocycles. The van der Waals surface area contributed by atoms with Crippen molar-refractivity contribution in [3.8, 4) is 0 Å². The van der Waals surface area contributed by atoms with Crippen molar-refractivity contribution < 1.29 is 4.79 Å². The van der Waals surface area contributed by atoms with Crippen LogP contribution in [0.2, 0.25) is 5.15 Å². The van der Waals surface area contributed by atoms with E-state index >= 15 is 0 Å². The molecule has 0 aliphatic heterocycles. The lowest BCUT2D eigenvalue weighted by Crippen LogP contribution is -2.30. The van der Waals surface area contributed by atoms with Crippen LogP contribution in [0.5, 0.6) is 0 Å². The molecule has 0 spiro atoms. The minimum Gasteiger partial charge on any atom is -0.345 e. The van der Waals surface area contributed by atoms with E-state index in [1.54, 1.807) is 18.3 Å². The van der Waals surface area contributed by atoms with Gasteiger partial charge in [-0.3, -0.25) is 4.79 Å². The number of amides is 1. The zero-order valence-corrected chi connectivity index (χ0v) is 12.6. The summed E-state index contributed by atoms with van der Waals surface area (Å²) in [6.07, 6.45) is 3.89. The average molecular weight is 301 g/mol. The number of hydrogen-bond acceptors (Lipinski definition) is 2. The summed E-state index contributed by atoms with van der Waals surface area (Å²) in [6, 6.07) is 11.8. The molecule has 108 valence electrons. The van der Waals surface area contributed by atoms with Crippen molar-refractivity contribution in [1.29, 1.82) is 0 Å². The highest BCUT2D eigenvalue weighted by Gasteiger charge is 2.33. The third kappa shape index (κ3) is 3.24. The standard InChI is InChI=1S/C17H17ClN2O/c1-11-4-6-12(7-5-11)15(13-8-9-13)20-17(21)14-3-2-10-19-16(14)18/h2-7,10,13,15H,8-9H2,1H3,(H,20,21). The number of benzene rings is 1. The van der Waals surface area contributed by atoms with Crippen LogP contribution in [0, 0.1) is 12.8 Å². The summed E-state index contributed by atoms with van der Waals surface area (Å²) in [4.78, 5) is 16.4. The molecule has 0 radical (unpaired) electrons. The van der Waals surface area contributed by atoms with E-state index in [9.17, 15) is 4.79 Å². The van der Waals surface area contributed by atoms with Crippen LogP contribution >= 0.6 is 11.6 Å². The van der Waals surface area contributed by atoms with Gasteiger partial charge in [0.2, 0.25) is 0 Å². The molecule has 0 saturated heterocycles. The molecule has 1 aliphatic rings. The normalized spacial score (nSPS) is 15.5. The number of hydrogen-bond donors (Lipinski definition) is 1. The largest absolute Gasteiger partial charge is 0.345 e. The van der Waals surface area contributed by atoms with E-state index in [0.717, 1.165) is 18.4 Å². The average Bonchev–Trinajstić information content (AvgIpc) is 3.31. The van der Waals surface area contributed by atoms with Crippen molar-refractivity contribution >= 4 is 17.5 Å². The van der Waals surface area contributed by atoms with Crippen LogP contribution in [0.25, 0.3) is 0 Å². The predicted octanol–water partition coefficient (Wildman–Crippen LogP) is 3.92. The maximum absolute atomic E-state index is 12.4. The van der Waals surface area contributed by atoms with Gasteiger partial charge >= 0.3 is 0 Å². The molecule has 1 amide bonds. The second-order valence-corrected chi connectivity index (χ2v) is 5.90. The lowest BCUT2D eigenvalue weighted by atomic mass is 10.0. The van der Waals surface area contributed by atoms with Crippen LogP contribution in [-0.2, 0) is 0 Å². The Morgan fingerprint density at radius 3 is 2.62 bits per heavy atom. The number of halogens is 1. The molecular formula is C17H17ClN2O. The van der Waals surface area contributed by atoms with Crippen LogP contribution in [0.3, 0.4) is 0 Å². The number of aryl methyl sites for hydroxylation is 1. The summed E-state index contributed by atoms with van der Waals surface area (Å²) in [6.45, 7) is 2.06. The van der Waals surface area contributed by atoms with Crippen LogP contribution in [0.15, 0.2) is 42.6 Å². The zero-order valence-electron chi connectivity index (χ0n) is 11.8. The molecule has 1 aliphatic carbocycles. The number of aromatic nitrogens is 1. The molecule has 1 aromatic heterocycles. The molecule has 21 heavy (non-hydrogen) atoms. The van der Waals surface area contributed by atoms with Gasteiger partial charge in [0.25, 0.3) is 5.91 Å². The summed E-state index contributed by atoms with van der Waals surface area (Å²) in [5.74, 6) is 0.359. The van der Waals surface area contributed by atoms with E-state index in [0.29, 0.717) is 11.5 Å². The fourth-order valence-corrected chi connectivity index (χ4v) is 2.66. The SMILES string of the molecule is Cc1ccc(C(NC(=O)c2cccnc2Cl)C2CC2)cc1. The highest BCUT2D eigenvalue weighted by Crippen LogP contribution is 2.41. The third-order valence-electron chi connectivity index (χ3n) is 3.82. The molecule has 1 aromatic carbocycles. The molecule has 1 N–H and O–H groups in total. The Morgan fingerprint density at radius 2 is 2.00 bits per heavy atom. The van der Waals surface area contributed by atoms with Gasteiger partial charge in [-0.05, 0) is 43.4 Å². The van der Waals surface area contributed by atoms with E-state index < -0.39 is 0 Å². The molecule has 3 rings (SSSR count). The summed E-state index contributed by atoms with van der Waals surface area (Å²) in [5, 5.41) is 3.35. The quantitative estimate of drug-likeness (QED) is 0.869. The van der Waals surface area contributed by atoms with Crippen molar-refractivity contribution in [1.82, 2.24) is 10.3 Å². The Balaban J connectivity index is 1.81. The topological polar surface area (TPSA) is 42.0 Å². The second kappa shape index (κ2) is 5.86. The summed E-state index contributed by atoms with van der Waals surface area (Å²) >= 11 is 5.99. The minimum absolute atomic E-state index is 0.0503. The highest BCUT2D eigenvalue weighted by molar-refractivity contribution is 6.32. The maximum atomic E-state index is 12.4. The highest BCUT2D eigenvalue weighted by atomic mass is 35.5.